The zero-order valence-electron chi connectivity index (χ0n) is 15.1. The molecule has 2 N–H and O–H groups in total. The van der Waals surface area contributed by atoms with Crippen LogP contribution in [0.1, 0.15) is 23.6 Å². The molecule has 4 nitrogen and oxygen atoms in total. The highest BCUT2D eigenvalue weighted by atomic mass is 32.2. The molecule has 0 spiro atoms. The smallest absolute Gasteiger partial charge is 0.237 e. The average Bonchev–Trinajstić information content (AvgIpc) is 2.58. The van der Waals surface area contributed by atoms with E-state index >= 15 is 0 Å². The van der Waals surface area contributed by atoms with E-state index in [0.29, 0.717) is 0 Å². The Kier molecular flexibility index (Phi) is 6.65. The minimum Gasteiger partial charge on any atom is -0.325 e. The number of rotatable bonds is 6. The van der Waals surface area contributed by atoms with E-state index in [-0.39, 0.29) is 22.8 Å². The minimum absolute atomic E-state index is 0.104. The number of nitrogens with one attached hydrogen (secondary N) is 2. The molecule has 0 aliphatic heterocycles. The van der Waals surface area contributed by atoms with Crippen molar-refractivity contribution >= 4 is 35.0 Å². The number of hydrogen-bond donors (Lipinski definition) is 2. The van der Waals surface area contributed by atoms with Crippen LogP contribution in [0.25, 0.3) is 0 Å². The third-order valence-electron chi connectivity index (χ3n) is 3.94. The first-order chi connectivity index (χ1) is 11.8. The van der Waals surface area contributed by atoms with Crippen LogP contribution in [-0.4, -0.2) is 22.8 Å². The van der Waals surface area contributed by atoms with Crippen LogP contribution < -0.4 is 10.6 Å². The molecule has 0 saturated heterocycles. The van der Waals surface area contributed by atoms with Crippen LogP contribution in [0.3, 0.4) is 0 Å². The zero-order valence-corrected chi connectivity index (χ0v) is 15.9. The van der Waals surface area contributed by atoms with Crippen LogP contribution in [-0.2, 0) is 9.59 Å². The molecule has 0 radical (unpaired) electrons. The van der Waals surface area contributed by atoms with E-state index in [9.17, 15) is 9.59 Å². The normalized spacial score (nSPS) is 11.7. The molecule has 25 heavy (non-hydrogen) atoms. The molecule has 2 aromatic carbocycles. The summed E-state index contributed by atoms with van der Waals surface area (Å²) in [5.41, 5.74) is 5.02. The molecule has 0 fully saturated rings. The number of carbonyl (C=O) groups excluding carboxylic acids is 2. The van der Waals surface area contributed by atoms with Crippen LogP contribution in [0.4, 0.5) is 11.4 Å². The highest BCUT2D eigenvalue weighted by molar-refractivity contribution is 8.01. The molecule has 0 heterocycles. The second-order valence-electron chi connectivity index (χ2n) is 6.16. The highest BCUT2D eigenvalue weighted by Gasteiger charge is 2.15. The van der Waals surface area contributed by atoms with Crippen LogP contribution in [0.5, 0.6) is 0 Å². The quantitative estimate of drug-likeness (QED) is 0.811. The van der Waals surface area contributed by atoms with Gasteiger partial charge in [-0.1, -0.05) is 23.8 Å². The second kappa shape index (κ2) is 8.72. The summed E-state index contributed by atoms with van der Waals surface area (Å²) in [6.07, 6.45) is 0. The third kappa shape index (κ3) is 5.94. The number of hydrogen-bond acceptors (Lipinski definition) is 3. The summed E-state index contributed by atoms with van der Waals surface area (Å²) in [5.74, 6) is 0.0196. The Morgan fingerprint density at radius 3 is 2.20 bits per heavy atom. The second-order valence-corrected chi connectivity index (χ2v) is 7.48. The summed E-state index contributed by atoms with van der Waals surface area (Å²) >= 11 is 1.32. The summed E-state index contributed by atoms with van der Waals surface area (Å²) in [6.45, 7) is 7.85. The lowest BCUT2D eigenvalue weighted by molar-refractivity contribution is -0.115. The van der Waals surface area contributed by atoms with Crippen molar-refractivity contribution in [2.75, 3.05) is 16.4 Å². The fourth-order valence-corrected chi connectivity index (χ4v) is 2.86. The molecular formula is C20H24N2O2S. The molecule has 1 atom stereocenters. The molecule has 5 heteroatoms. The molecule has 0 aliphatic rings. The average molecular weight is 356 g/mol. The van der Waals surface area contributed by atoms with Gasteiger partial charge in [0.05, 0.1) is 11.0 Å². The summed E-state index contributed by atoms with van der Waals surface area (Å²) in [6, 6.07) is 13.5. The van der Waals surface area contributed by atoms with Gasteiger partial charge in [-0.3, -0.25) is 9.59 Å². The Morgan fingerprint density at radius 1 is 0.920 bits per heavy atom. The first-order valence-corrected chi connectivity index (χ1v) is 9.26. The maximum atomic E-state index is 12.2. The fourth-order valence-electron chi connectivity index (χ4n) is 2.17. The maximum Gasteiger partial charge on any atom is 0.237 e. The van der Waals surface area contributed by atoms with Gasteiger partial charge in [-0.15, -0.1) is 11.8 Å². The van der Waals surface area contributed by atoms with Gasteiger partial charge in [-0.2, -0.15) is 0 Å². The molecule has 0 saturated carbocycles. The first-order valence-electron chi connectivity index (χ1n) is 8.21. The Labute approximate surface area is 153 Å². The van der Waals surface area contributed by atoms with Crippen LogP contribution in [0.2, 0.25) is 0 Å². The molecule has 0 aromatic heterocycles. The Morgan fingerprint density at radius 2 is 1.56 bits per heavy atom. The number of thioether (sulfide) groups is 1. The maximum absolute atomic E-state index is 12.2. The van der Waals surface area contributed by atoms with Gasteiger partial charge in [0.15, 0.2) is 0 Å². The molecule has 2 rings (SSSR count). The van der Waals surface area contributed by atoms with Gasteiger partial charge in [0, 0.05) is 11.4 Å². The van der Waals surface area contributed by atoms with E-state index in [1.165, 1.54) is 17.3 Å². The lowest BCUT2D eigenvalue weighted by Crippen LogP contribution is -2.25. The van der Waals surface area contributed by atoms with Crippen molar-refractivity contribution in [3.05, 3.63) is 59.2 Å². The largest absolute Gasteiger partial charge is 0.325 e. The number of carbonyl (C=O) groups is 2. The lowest BCUT2D eigenvalue weighted by Gasteiger charge is -2.12. The van der Waals surface area contributed by atoms with Crippen molar-refractivity contribution in [3.8, 4) is 0 Å². The molecular weight excluding hydrogens is 332 g/mol. The van der Waals surface area contributed by atoms with E-state index in [2.05, 4.69) is 10.6 Å². The molecule has 0 bridgehead atoms. The van der Waals surface area contributed by atoms with Gasteiger partial charge in [-0.05, 0) is 63.1 Å². The summed E-state index contributed by atoms with van der Waals surface area (Å²) in [5, 5.41) is 5.42. The molecule has 132 valence electrons. The van der Waals surface area contributed by atoms with Gasteiger partial charge in [0.2, 0.25) is 11.8 Å². The number of anilines is 2. The SMILES string of the molecule is Cc1ccc(NC(=O)C(C)SCC(=O)Nc2ccc(C)c(C)c2)cc1. The predicted molar refractivity (Wildman–Crippen MR) is 106 cm³/mol. The number of amides is 2. The lowest BCUT2D eigenvalue weighted by atomic mass is 10.1. The van der Waals surface area contributed by atoms with Gasteiger partial charge >= 0.3 is 0 Å². The van der Waals surface area contributed by atoms with E-state index in [0.717, 1.165) is 22.5 Å². The van der Waals surface area contributed by atoms with Crippen molar-refractivity contribution in [1.29, 1.82) is 0 Å². The van der Waals surface area contributed by atoms with E-state index in [4.69, 9.17) is 0 Å². The van der Waals surface area contributed by atoms with Crippen molar-refractivity contribution < 1.29 is 9.59 Å². The van der Waals surface area contributed by atoms with Crippen LogP contribution in [0.15, 0.2) is 42.5 Å². The molecule has 0 aliphatic carbocycles. The summed E-state index contributed by atoms with van der Waals surface area (Å²) in [7, 11) is 0. The van der Waals surface area contributed by atoms with Crippen molar-refractivity contribution in [3.63, 3.8) is 0 Å². The molecule has 2 aromatic rings. The predicted octanol–water partition coefficient (Wildman–Crippen LogP) is 4.31. The Balaban J connectivity index is 1.80. The van der Waals surface area contributed by atoms with Crippen molar-refractivity contribution in [2.24, 2.45) is 0 Å². The minimum atomic E-state index is -0.313. The van der Waals surface area contributed by atoms with Gasteiger partial charge in [0.1, 0.15) is 0 Å². The Bertz CT molecular complexity index is 757. The fraction of sp³-hybridized carbons (Fsp3) is 0.300. The first kappa shape index (κ1) is 19.1. The van der Waals surface area contributed by atoms with Crippen molar-refractivity contribution in [1.82, 2.24) is 0 Å². The van der Waals surface area contributed by atoms with E-state index in [1.54, 1.807) is 6.92 Å². The van der Waals surface area contributed by atoms with E-state index in [1.807, 2.05) is 63.2 Å². The Hall–Kier alpha value is -2.27. The third-order valence-corrected chi connectivity index (χ3v) is 5.09. The van der Waals surface area contributed by atoms with E-state index < -0.39 is 0 Å². The highest BCUT2D eigenvalue weighted by Crippen LogP contribution is 2.17. The van der Waals surface area contributed by atoms with Gasteiger partial charge in [0.25, 0.3) is 0 Å². The van der Waals surface area contributed by atoms with Crippen LogP contribution in [0, 0.1) is 20.8 Å². The monoisotopic (exact) mass is 356 g/mol. The van der Waals surface area contributed by atoms with Crippen molar-refractivity contribution in [2.45, 2.75) is 32.9 Å². The van der Waals surface area contributed by atoms with Gasteiger partial charge in [-0.25, -0.2) is 0 Å². The van der Waals surface area contributed by atoms with Crippen LogP contribution >= 0.6 is 11.8 Å². The summed E-state index contributed by atoms with van der Waals surface area (Å²) in [4.78, 5) is 24.3. The standard InChI is InChI=1S/C20H24N2O2S/c1-13-5-8-17(9-6-13)22-20(24)16(4)25-12-19(23)21-18-10-7-14(2)15(3)11-18/h5-11,16H,12H2,1-4H3,(H,21,23)(H,22,24). The van der Waals surface area contributed by atoms with Gasteiger partial charge < -0.3 is 10.6 Å². The zero-order chi connectivity index (χ0) is 18.4. The molecule has 2 amide bonds. The summed E-state index contributed by atoms with van der Waals surface area (Å²) < 4.78 is 0. The molecule has 1 unspecified atom stereocenters. The number of benzene rings is 2. The topological polar surface area (TPSA) is 58.2 Å². The number of aryl methyl sites for hydroxylation is 3.